The number of unbranched alkanes of at least 4 members (excludes halogenated alkanes) is 4. The van der Waals surface area contributed by atoms with Gasteiger partial charge in [0.25, 0.3) is 10.1 Å². The fourth-order valence-corrected chi connectivity index (χ4v) is 1.65. The fourth-order valence-electron chi connectivity index (χ4n) is 1.18. The molecule has 0 aromatic carbocycles. The second-order valence-electron chi connectivity index (χ2n) is 3.53. The molecule has 0 amide bonds. The molecule has 0 aliphatic rings. The van der Waals surface area contributed by atoms with Crippen molar-refractivity contribution < 1.29 is 13.0 Å². The van der Waals surface area contributed by atoms with Crippen molar-refractivity contribution in [2.24, 2.45) is 0 Å². The molecule has 3 nitrogen and oxygen atoms in total. The van der Waals surface area contributed by atoms with Crippen LogP contribution in [0.3, 0.4) is 0 Å². The molecule has 1 N–H and O–H groups in total. The van der Waals surface area contributed by atoms with Gasteiger partial charge >= 0.3 is 0 Å². The molecular formula is C9H20O3S. The van der Waals surface area contributed by atoms with E-state index >= 15 is 0 Å². The third-order valence-corrected chi connectivity index (χ3v) is 3.48. The van der Waals surface area contributed by atoms with Gasteiger partial charge in [-0.05, 0) is 13.3 Å². The molecule has 13 heavy (non-hydrogen) atoms. The van der Waals surface area contributed by atoms with Crippen LogP contribution in [0.4, 0.5) is 0 Å². The molecule has 0 radical (unpaired) electrons. The van der Waals surface area contributed by atoms with E-state index in [0.717, 1.165) is 19.3 Å². The third-order valence-electron chi connectivity index (χ3n) is 2.22. The second kappa shape index (κ2) is 6.38. The Hall–Kier alpha value is -0.0900. The molecule has 0 fully saturated rings. The van der Waals surface area contributed by atoms with Gasteiger partial charge in [0.05, 0.1) is 5.25 Å². The second-order valence-corrected chi connectivity index (χ2v) is 5.36. The summed E-state index contributed by atoms with van der Waals surface area (Å²) >= 11 is 0. The maximum Gasteiger partial charge on any atom is 0.267 e. The summed E-state index contributed by atoms with van der Waals surface area (Å²) in [4.78, 5) is 0. The van der Waals surface area contributed by atoms with E-state index in [1.165, 1.54) is 12.8 Å². The zero-order valence-corrected chi connectivity index (χ0v) is 9.31. The van der Waals surface area contributed by atoms with Crippen LogP contribution in [0.2, 0.25) is 0 Å². The van der Waals surface area contributed by atoms with Gasteiger partial charge in [0.15, 0.2) is 0 Å². The van der Waals surface area contributed by atoms with Crippen LogP contribution in [0, 0.1) is 0 Å². The minimum Gasteiger partial charge on any atom is -0.285 e. The van der Waals surface area contributed by atoms with Gasteiger partial charge in [-0.25, -0.2) is 0 Å². The van der Waals surface area contributed by atoms with Gasteiger partial charge in [-0.2, -0.15) is 8.42 Å². The Balaban J connectivity index is 3.44. The topological polar surface area (TPSA) is 54.4 Å². The van der Waals surface area contributed by atoms with Gasteiger partial charge in [-0.15, -0.1) is 0 Å². The van der Waals surface area contributed by atoms with Crippen molar-refractivity contribution in [2.75, 3.05) is 0 Å². The lowest BCUT2D eigenvalue weighted by atomic mass is 10.1. The van der Waals surface area contributed by atoms with Gasteiger partial charge < -0.3 is 0 Å². The van der Waals surface area contributed by atoms with Gasteiger partial charge in [-0.1, -0.05) is 39.0 Å². The summed E-state index contributed by atoms with van der Waals surface area (Å²) in [5, 5.41) is -0.603. The predicted octanol–water partition coefficient (Wildman–Crippen LogP) is 2.62. The van der Waals surface area contributed by atoms with E-state index in [2.05, 4.69) is 6.92 Å². The summed E-state index contributed by atoms with van der Waals surface area (Å²) in [6.07, 6.45) is 6.08. The Kier molecular flexibility index (Phi) is 6.33. The lowest BCUT2D eigenvalue weighted by Crippen LogP contribution is -2.16. The maximum absolute atomic E-state index is 10.6. The molecule has 80 valence electrons. The smallest absolute Gasteiger partial charge is 0.267 e. The number of hydrogen-bond donors (Lipinski definition) is 1. The molecule has 1 unspecified atom stereocenters. The minimum atomic E-state index is -3.80. The third kappa shape index (κ3) is 7.02. The molecule has 0 rings (SSSR count). The quantitative estimate of drug-likeness (QED) is 0.517. The van der Waals surface area contributed by atoms with E-state index in [-0.39, 0.29) is 0 Å². The molecule has 0 saturated heterocycles. The van der Waals surface area contributed by atoms with E-state index in [9.17, 15) is 8.42 Å². The van der Waals surface area contributed by atoms with Crippen LogP contribution < -0.4 is 0 Å². The Morgan fingerprint density at radius 3 is 2.15 bits per heavy atom. The van der Waals surface area contributed by atoms with E-state index < -0.39 is 15.4 Å². The molecule has 0 heterocycles. The normalized spacial score (nSPS) is 14.4. The van der Waals surface area contributed by atoms with Gasteiger partial charge in [0.2, 0.25) is 0 Å². The van der Waals surface area contributed by atoms with E-state index in [4.69, 9.17) is 4.55 Å². The zero-order valence-electron chi connectivity index (χ0n) is 8.49. The summed E-state index contributed by atoms with van der Waals surface area (Å²) < 4.78 is 29.9. The molecule has 4 heteroatoms. The lowest BCUT2D eigenvalue weighted by Gasteiger charge is -2.06. The van der Waals surface area contributed by atoms with Crippen LogP contribution in [-0.2, 0) is 10.1 Å². The van der Waals surface area contributed by atoms with Crippen molar-refractivity contribution in [3.8, 4) is 0 Å². The van der Waals surface area contributed by atoms with E-state index in [1.807, 2.05) is 0 Å². The summed E-state index contributed by atoms with van der Waals surface area (Å²) in [6, 6.07) is 0. The zero-order chi connectivity index (χ0) is 10.3. The SMILES string of the molecule is CCCCCCCC(C)S(=O)(=O)O. The highest BCUT2D eigenvalue weighted by atomic mass is 32.2. The summed E-state index contributed by atoms with van der Waals surface area (Å²) in [5.74, 6) is 0. The monoisotopic (exact) mass is 208 g/mol. The lowest BCUT2D eigenvalue weighted by molar-refractivity contribution is 0.461. The Bertz CT molecular complexity index is 209. The number of hydrogen-bond acceptors (Lipinski definition) is 2. The summed E-state index contributed by atoms with van der Waals surface area (Å²) in [6.45, 7) is 3.69. The number of rotatable bonds is 7. The van der Waals surface area contributed by atoms with Crippen LogP contribution in [0.5, 0.6) is 0 Å². The molecule has 1 atom stereocenters. The summed E-state index contributed by atoms with van der Waals surface area (Å²) in [7, 11) is -3.80. The molecular weight excluding hydrogens is 188 g/mol. The maximum atomic E-state index is 10.6. The van der Waals surface area contributed by atoms with Crippen LogP contribution in [-0.4, -0.2) is 18.2 Å². The average molecular weight is 208 g/mol. The van der Waals surface area contributed by atoms with Gasteiger partial charge in [-0.3, -0.25) is 4.55 Å². The van der Waals surface area contributed by atoms with Crippen molar-refractivity contribution in [3.05, 3.63) is 0 Å². The van der Waals surface area contributed by atoms with Crippen molar-refractivity contribution in [2.45, 2.75) is 57.6 Å². The van der Waals surface area contributed by atoms with Crippen LogP contribution in [0.25, 0.3) is 0 Å². The molecule has 0 saturated carbocycles. The van der Waals surface area contributed by atoms with Crippen molar-refractivity contribution in [1.29, 1.82) is 0 Å². The Labute approximate surface area is 81.3 Å². The van der Waals surface area contributed by atoms with E-state index in [0.29, 0.717) is 6.42 Å². The first-order chi connectivity index (χ1) is 5.98. The summed E-state index contributed by atoms with van der Waals surface area (Å²) in [5.41, 5.74) is 0. The van der Waals surface area contributed by atoms with Crippen molar-refractivity contribution in [1.82, 2.24) is 0 Å². The van der Waals surface area contributed by atoms with E-state index in [1.54, 1.807) is 6.92 Å². The Morgan fingerprint density at radius 2 is 1.69 bits per heavy atom. The first-order valence-electron chi connectivity index (χ1n) is 4.94. The van der Waals surface area contributed by atoms with Crippen molar-refractivity contribution in [3.63, 3.8) is 0 Å². The first-order valence-corrected chi connectivity index (χ1v) is 6.45. The molecule has 0 aliphatic carbocycles. The molecule has 0 bridgehead atoms. The highest BCUT2D eigenvalue weighted by Gasteiger charge is 2.15. The predicted molar refractivity (Wildman–Crippen MR) is 54.4 cm³/mol. The van der Waals surface area contributed by atoms with Gasteiger partial charge in [0.1, 0.15) is 0 Å². The molecule has 0 spiro atoms. The average Bonchev–Trinajstić information content (AvgIpc) is 2.02. The molecule has 0 aromatic rings. The molecule has 0 aliphatic heterocycles. The van der Waals surface area contributed by atoms with Crippen LogP contribution >= 0.6 is 0 Å². The molecule has 0 aromatic heterocycles. The van der Waals surface area contributed by atoms with Gasteiger partial charge in [0, 0.05) is 0 Å². The minimum absolute atomic E-state index is 0.572. The van der Waals surface area contributed by atoms with Crippen molar-refractivity contribution >= 4 is 10.1 Å². The Morgan fingerprint density at radius 1 is 1.15 bits per heavy atom. The first kappa shape index (κ1) is 12.9. The highest BCUT2D eigenvalue weighted by molar-refractivity contribution is 7.86. The largest absolute Gasteiger partial charge is 0.285 e. The standard InChI is InChI=1S/C9H20O3S/c1-3-4-5-6-7-8-9(2)13(10,11)12/h9H,3-8H2,1-2H3,(H,10,11,12). The fraction of sp³-hybridized carbons (Fsp3) is 1.00. The van der Waals surface area contributed by atoms with Crippen LogP contribution in [0.1, 0.15) is 52.4 Å². The van der Waals surface area contributed by atoms with Crippen LogP contribution in [0.15, 0.2) is 0 Å². The highest BCUT2D eigenvalue weighted by Crippen LogP contribution is 2.11.